The van der Waals surface area contributed by atoms with Gasteiger partial charge in [-0.3, -0.25) is 0 Å². The van der Waals surface area contributed by atoms with Gasteiger partial charge >= 0.3 is 0 Å². The molecular weight excluding hydrogens is 232 g/mol. The van der Waals surface area contributed by atoms with Gasteiger partial charge in [0.2, 0.25) is 0 Å². The highest BCUT2D eigenvalue weighted by Crippen LogP contribution is 2.32. The van der Waals surface area contributed by atoms with Crippen molar-refractivity contribution < 1.29 is 0 Å². The average Bonchev–Trinajstić information content (AvgIpc) is 3.09. The Morgan fingerprint density at radius 1 is 1.47 bits per heavy atom. The molecule has 0 aromatic carbocycles. The Balaban J connectivity index is 2.30. The topological polar surface area (TPSA) is 55.0 Å². The largest absolute Gasteiger partial charge is 0.388 e. The summed E-state index contributed by atoms with van der Waals surface area (Å²) in [5.74, 6) is 1.61. The Morgan fingerprint density at radius 2 is 2.12 bits per heavy atom. The molecule has 1 aromatic heterocycles. The molecule has 0 bridgehead atoms. The number of hydrogen-bond acceptors (Lipinski definition) is 4. The van der Waals surface area contributed by atoms with E-state index in [1.54, 1.807) is 12.4 Å². The Labute approximate surface area is 107 Å². The molecule has 0 radical (unpaired) electrons. The average molecular weight is 250 g/mol. The molecule has 0 saturated heterocycles. The first-order chi connectivity index (χ1) is 8.09. The van der Waals surface area contributed by atoms with Crippen LogP contribution < -0.4 is 10.6 Å². The van der Waals surface area contributed by atoms with Crippen molar-refractivity contribution >= 4 is 23.0 Å². The molecular formula is C12H18N4S. The first-order valence-electron chi connectivity index (χ1n) is 5.97. The molecule has 1 aliphatic rings. The number of rotatable bonds is 5. The molecule has 0 unspecified atom stereocenters. The van der Waals surface area contributed by atoms with Crippen LogP contribution in [0.3, 0.4) is 0 Å². The Hall–Kier alpha value is -1.23. The van der Waals surface area contributed by atoms with Crippen LogP contribution in [0.1, 0.15) is 32.4 Å². The zero-order valence-corrected chi connectivity index (χ0v) is 11.1. The van der Waals surface area contributed by atoms with Crippen molar-refractivity contribution in [3.05, 3.63) is 18.1 Å². The van der Waals surface area contributed by atoms with Gasteiger partial charge in [0.15, 0.2) is 5.82 Å². The minimum Gasteiger partial charge on any atom is -0.388 e. The number of thiocarbonyl (C=S) groups is 1. The molecule has 17 heavy (non-hydrogen) atoms. The maximum atomic E-state index is 5.70. The molecule has 5 heteroatoms. The van der Waals surface area contributed by atoms with Crippen molar-refractivity contribution in [2.24, 2.45) is 11.7 Å². The summed E-state index contributed by atoms with van der Waals surface area (Å²) >= 11 is 5.03. The smallest absolute Gasteiger partial charge is 0.157 e. The lowest BCUT2D eigenvalue weighted by Gasteiger charge is -2.28. The van der Waals surface area contributed by atoms with Gasteiger partial charge in [0, 0.05) is 25.0 Å². The van der Waals surface area contributed by atoms with Crippen molar-refractivity contribution in [2.45, 2.75) is 32.7 Å². The second-order valence-corrected chi connectivity index (χ2v) is 5.22. The Morgan fingerprint density at radius 3 is 2.65 bits per heavy atom. The van der Waals surface area contributed by atoms with Crippen LogP contribution in [-0.4, -0.2) is 27.5 Å². The number of aromatic nitrogens is 2. The zero-order valence-electron chi connectivity index (χ0n) is 10.3. The molecule has 1 heterocycles. The quantitative estimate of drug-likeness (QED) is 0.807. The summed E-state index contributed by atoms with van der Waals surface area (Å²) in [5.41, 5.74) is 6.34. The van der Waals surface area contributed by atoms with Crippen LogP contribution in [0.5, 0.6) is 0 Å². The van der Waals surface area contributed by atoms with E-state index in [1.165, 1.54) is 12.8 Å². The number of anilines is 1. The lowest BCUT2D eigenvalue weighted by Crippen LogP contribution is -2.35. The maximum Gasteiger partial charge on any atom is 0.157 e. The van der Waals surface area contributed by atoms with Gasteiger partial charge < -0.3 is 10.6 Å². The van der Waals surface area contributed by atoms with E-state index in [1.807, 2.05) is 0 Å². The first-order valence-corrected chi connectivity index (χ1v) is 6.38. The lowest BCUT2D eigenvalue weighted by atomic mass is 10.2. The lowest BCUT2D eigenvalue weighted by molar-refractivity contribution is 0.634. The van der Waals surface area contributed by atoms with Crippen molar-refractivity contribution in [1.29, 1.82) is 0 Å². The van der Waals surface area contributed by atoms with E-state index in [2.05, 4.69) is 28.7 Å². The molecule has 1 aliphatic carbocycles. The SMILES string of the molecule is CC(C)N(CC1CC1)c1nccnc1C(N)=S. The van der Waals surface area contributed by atoms with Crippen LogP contribution in [0.4, 0.5) is 5.82 Å². The maximum absolute atomic E-state index is 5.70. The molecule has 0 amide bonds. The second-order valence-electron chi connectivity index (χ2n) is 4.78. The normalized spacial score (nSPS) is 15.0. The van der Waals surface area contributed by atoms with Gasteiger partial charge in [0.1, 0.15) is 10.7 Å². The monoisotopic (exact) mass is 250 g/mol. The van der Waals surface area contributed by atoms with Gasteiger partial charge in [0.25, 0.3) is 0 Å². The van der Waals surface area contributed by atoms with Crippen LogP contribution in [0.2, 0.25) is 0 Å². The van der Waals surface area contributed by atoms with E-state index < -0.39 is 0 Å². The van der Waals surface area contributed by atoms with Crippen molar-refractivity contribution in [2.75, 3.05) is 11.4 Å². The number of nitrogens with zero attached hydrogens (tertiary/aromatic N) is 3. The summed E-state index contributed by atoms with van der Waals surface area (Å²) < 4.78 is 0. The van der Waals surface area contributed by atoms with Gasteiger partial charge in [-0.25, -0.2) is 9.97 Å². The Bertz CT molecular complexity index is 415. The van der Waals surface area contributed by atoms with Crippen LogP contribution in [0, 0.1) is 5.92 Å². The van der Waals surface area contributed by atoms with Crippen LogP contribution in [-0.2, 0) is 0 Å². The molecule has 1 aromatic rings. The fourth-order valence-electron chi connectivity index (χ4n) is 1.84. The third-order valence-electron chi connectivity index (χ3n) is 2.96. The van der Waals surface area contributed by atoms with E-state index >= 15 is 0 Å². The second kappa shape index (κ2) is 4.96. The summed E-state index contributed by atoms with van der Waals surface area (Å²) in [7, 11) is 0. The number of nitrogens with two attached hydrogens (primary N) is 1. The molecule has 0 atom stereocenters. The van der Waals surface area contributed by atoms with Crippen LogP contribution >= 0.6 is 12.2 Å². The standard InChI is InChI=1S/C12H18N4S/c1-8(2)16(7-9-3-4-9)12-10(11(13)17)14-5-6-15-12/h5-6,8-9H,3-4,7H2,1-2H3,(H2,13,17). The molecule has 1 fully saturated rings. The fraction of sp³-hybridized carbons (Fsp3) is 0.583. The van der Waals surface area contributed by atoms with Gasteiger partial charge in [-0.05, 0) is 32.6 Å². The highest BCUT2D eigenvalue weighted by atomic mass is 32.1. The summed E-state index contributed by atoms with van der Waals surface area (Å²) in [5, 5.41) is 0. The van der Waals surface area contributed by atoms with Crippen molar-refractivity contribution in [3.63, 3.8) is 0 Å². The summed E-state index contributed by atoms with van der Waals surface area (Å²) in [6, 6.07) is 0.375. The van der Waals surface area contributed by atoms with Crippen LogP contribution in [0.15, 0.2) is 12.4 Å². The third kappa shape index (κ3) is 2.91. The fourth-order valence-corrected chi connectivity index (χ4v) is 1.98. The molecule has 92 valence electrons. The molecule has 1 saturated carbocycles. The van der Waals surface area contributed by atoms with Crippen molar-refractivity contribution in [1.82, 2.24) is 9.97 Å². The summed E-state index contributed by atoms with van der Waals surface area (Å²) in [6.07, 6.45) is 5.95. The first kappa shape index (κ1) is 12.2. The van der Waals surface area contributed by atoms with E-state index in [0.717, 1.165) is 18.3 Å². The van der Waals surface area contributed by atoms with Crippen LogP contribution in [0.25, 0.3) is 0 Å². The van der Waals surface area contributed by atoms with E-state index in [-0.39, 0.29) is 0 Å². The van der Waals surface area contributed by atoms with Gasteiger partial charge in [-0.2, -0.15) is 0 Å². The number of hydrogen-bond donors (Lipinski definition) is 1. The van der Waals surface area contributed by atoms with Crippen molar-refractivity contribution in [3.8, 4) is 0 Å². The predicted molar refractivity (Wildman–Crippen MR) is 73.1 cm³/mol. The summed E-state index contributed by atoms with van der Waals surface area (Å²) in [4.78, 5) is 11.2. The highest BCUT2D eigenvalue weighted by molar-refractivity contribution is 7.80. The molecule has 0 spiro atoms. The van der Waals surface area contributed by atoms with Gasteiger partial charge in [-0.15, -0.1) is 0 Å². The predicted octanol–water partition coefficient (Wildman–Crippen LogP) is 1.74. The molecule has 0 aliphatic heterocycles. The zero-order chi connectivity index (χ0) is 12.4. The summed E-state index contributed by atoms with van der Waals surface area (Å²) in [6.45, 7) is 5.33. The minimum absolute atomic E-state index is 0.314. The van der Waals surface area contributed by atoms with E-state index in [4.69, 9.17) is 18.0 Å². The van der Waals surface area contributed by atoms with Gasteiger partial charge in [-0.1, -0.05) is 12.2 Å². The van der Waals surface area contributed by atoms with Gasteiger partial charge in [0.05, 0.1) is 0 Å². The highest BCUT2D eigenvalue weighted by Gasteiger charge is 2.27. The third-order valence-corrected chi connectivity index (χ3v) is 3.15. The minimum atomic E-state index is 0.314. The molecule has 2 rings (SSSR count). The van der Waals surface area contributed by atoms with E-state index in [9.17, 15) is 0 Å². The molecule has 2 N–H and O–H groups in total. The Kier molecular flexibility index (Phi) is 3.57. The molecule has 4 nitrogen and oxygen atoms in total. The van der Waals surface area contributed by atoms with E-state index in [0.29, 0.717) is 16.7 Å².